The van der Waals surface area contributed by atoms with Crippen LogP contribution in [0.3, 0.4) is 0 Å². The number of ether oxygens (including phenoxy) is 1. The third kappa shape index (κ3) is 4.59. The van der Waals surface area contributed by atoms with Crippen molar-refractivity contribution in [1.82, 2.24) is 4.98 Å². The molecule has 1 heterocycles. The fraction of sp³-hybridized carbons (Fsp3) is 0.500. The van der Waals surface area contributed by atoms with Crippen molar-refractivity contribution in [3.05, 3.63) is 23.9 Å². The molecule has 0 aliphatic carbocycles. The Labute approximate surface area is 95.5 Å². The highest BCUT2D eigenvalue weighted by atomic mass is 32.2. The standard InChI is InChI=1S/C10H15NO4S/c1-14-10-9(5-3-7-11-10)6-4-8-15-16(2,12)13/h3,5,7H,4,6,8H2,1-2H3. The fourth-order valence-electron chi connectivity index (χ4n) is 1.27. The molecule has 0 radical (unpaired) electrons. The zero-order valence-electron chi connectivity index (χ0n) is 9.34. The minimum Gasteiger partial charge on any atom is -0.481 e. The highest BCUT2D eigenvalue weighted by molar-refractivity contribution is 7.85. The van der Waals surface area contributed by atoms with Crippen LogP contribution in [0.15, 0.2) is 18.3 Å². The Kier molecular flexibility index (Phi) is 4.70. The van der Waals surface area contributed by atoms with Crippen LogP contribution in [0.4, 0.5) is 0 Å². The summed E-state index contributed by atoms with van der Waals surface area (Å²) in [4.78, 5) is 4.04. The second-order valence-corrected chi connectivity index (χ2v) is 4.95. The Hall–Kier alpha value is -1.14. The highest BCUT2D eigenvalue weighted by Crippen LogP contribution is 2.15. The molecule has 0 saturated carbocycles. The molecule has 0 saturated heterocycles. The van der Waals surface area contributed by atoms with Crippen molar-refractivity contribution in [1.29, 1.82) is 0 Å². The Balaban J connectivity index is 2.43. The zero-order valence-corrected chi connectivity index (χ0v) is 10.2. The van der Waals surface area contributed by atoms with Crippen molar-refractivity contribution in [3.63, 3.8) is 0 Å². The number of hydrogen-bond acceptors (Lipinski definition) is 5. The van der Waals surface area contributed by atoms with Crippen LogP contribution in [0.5, 0.6) is 5.88 Å². The van der Waals surface area contributed by atoms with Gasteiger partial charge in [-0.25, -0.2) is 4.98 Å². The van der Waals surface area contributed by atoms with Crippen molar-refractivity contribution >= 4 is 10.1 Å². The number of aryl methyl sites for hydroxylation is 1. The van der Waals surface area contributed by atoms with Gasteiger partial charge in [-0.1, -0.05) is 6.07 Å². The number of hydrogen-bond donors (Lipinski definition) is 0. The van der Waals surface area contributed by atoms with Crippen molar-refractivity contribution in [2.75, 3.05) is 20.0 Å². The molecule has 0 aliphatic heterocycles. The summed E-state index contributed by atoms with van der Waals surface area (Å²) in [5.74, 6) is 0.571. The average Bonchev–Trinajstić information content (AvgIpc) is 2.23. The van der Waals surface area contributed by atoms with Crippen molar-refractivity contribution in [3.8, 4) is 5.88 Å². The van der Waals surface area contributed by atoms with E-state index in [2.05, 4.69) is 9.17 Å². The van der Waals surface area contributed by atoms with Gasteiger partial charge in [0.2, 0.25) is 5.88 Å². The van der Waals surface area contributed by atoms with E-state index in [4.69, 9.17) is 4.74 Å². The van der Waals surface area contributed by atoms with E-state index in [0.717, 1.165) is 11.8 Å². The van der Waals surface area contributed by atoms with Gasteiger partial charge in [0, 0.05) is 11.8 Å². The molecule has 0 bridgehead atoms. The maximum absolute atomic E-state index is 10.7. The number of aromatic nitrogens is 1. The van der Waals surface area contributed by atoms with E-state index in [1.807, 2.05) is 12.1 Å². The SMILES string of the molecule is COc1ncccc1CCCOS(C)(=O)=O. The van der Waals surface area contributed by atoms with Crippen LogP contribution < -0.4 is 4.74 Å². The summed E-state index contributed by atoms with van der Waals surface area (Å²) in [6.45, 7) is 0.177. The lowest BCUT2D eigenvalue weighted by atomic mass is 10.1. The van der Waals surface area contributed by atoms with E-state index in [1.54, 1.807) is 13.3 Å². The quantitative estimate of drug-likeness (QED) is 0.552. The Morgan fingerprint density at radius 2 is 2.19 bits per heavy atom. The molecule has 0 N–H and O–H groups in total. The Morgan fingerprint density at radius 1 is 1.44 bits per heavy atom. The maximum atomic E-state index is 10.7. The topological polar surface area (TPSA) is 65.5 Å². The van der Waals surface area contributed by atoms with Gasteiger partial charge in [0.15, 0.2) is 0 Å². The molecule has 90 valence electrons. The van der Waals surface area contributed by atoms with Gasteiger partial charge < -0.3 is 4.74 Å². The van der Waals surface area contributed by atoms with E-state index in [0.29, 0.717) is 18.7 Å². The predicted octanol–water partition coefficient (Wildman–Crippen LogP) is 0.999. The van der Waals surface area contributed by atoms with Gasteiger partial charge in [0.25, 0.3) is 10.1 Å². The zero-order chi connectivity index (χ0) is 12.0. The number of nitrogens with zero attached hydrogens (tertiary/aromatic N) is 1. The van der Waals surface area contributed by atoms with E-state index >= 15 is 0 Å². The van der Waals surface area contributed by atoms with Crippen molar-refractivity contribution in [2.24, 2.45) is 0 Å². The summed E-state index contributed by atoms with van der Waals surface area (Å²) < 4.78 is 31.1. The molecule has 0 unspecified atom stereocenters. The molecule has 0 aliphatic rings. The van der Waals surface area contributed by atoms with Crippen molar-refractivity contribution in [2.45, 2.75) is 12.8 Å². The second kappa shape index (κ2) is 5.81. The molecule has 5 nitrogen and oxygen atoms in total. The van der Waals surface area contributed by atoms with Gasteiger partial charge in [-0.15, -0.1) is 0 Å². The van der Waals surface area contributed by atoms with Crippen LogP contribution >= 0.6 is 0 Å². The van der Waals surface area contributed by atoms with E-state index in [9.17, 15) is 8.42 Å². The van der Waals surface area contributed by atoms with Crippen LogP contribution in [0.1, 0.15) is 12.0 Å². The largest absolute Gasteiger partial charge is 0.481 e. The fourth-order valence-corrected chi connectivity index (χ4v) is 1.69. The second-order valence-electron chi connectivity index (χ2n) is 3.30. The summed E-state index contributed by atoms with van der Waals surface area (Å²) in [5, 5.41) is 0. The van der Waals surface area contributed by atoms with Gasteiger partial charge >= 0.3 is 0 Å². The minimum absolute atomic E-state index is 0.177. The normalized spacial score (nSPS) is 11.4. The maximum Gasteiger partial charge on any atom is 0.264 e. The minimum atomic E-state index is -3.34. The van der Waals surface area contributed by atoms with Crippen LogP contribution in [0.2, 0.25) is 0 Å². The molecule has 6 heteroatoms. The predicted molar refractivity (Wildman–Crippen MR) is 59.9 cm³/mol. The van der Waals surface area contributed by atoms with Crippen molar-refractivity contribution < 1.29 is 17.3 Å². The number of methoxy groups -OCH3 is 1. The molecule has 1 aromatic heterocycles. The number of pyridine rings is 1. The Morgan fingerprint density at radius 3 is 2.81 bits per heavy atom. The van der Waals surface area contributed by atoms with Gasteiger partial charge in [0.05, 0.1) is 20.0 Å². The molecule has 0 fully saturated rings. The van der Waals surface area contributed by atoms with Crippen LogP contribution in [-0.2, 0) is 20.7 Å². The third-order valence-corrected chi connectivity index (χ3v) is 2.53. The lowest BCUT2D eigenvalue weighted by Gasteiger charge is -2.06. The van der Waals surface area contributed by atoms with Gasteiger partial charge in [-0.05, 0) is 18.9 Å². The molecule has 0 aromatic carbocycles. The summed E-state index contributed by atoms with van der Waals surface area (Å²) in [6.07, 6.45) is 3.97. The number of rotatable bonds is 6. The molecule has 0 spiro atoms. The monoisotopic (exact) mass is 245 g/mol. The summed E-state index contributed by atoms with van der Waals surface area (Å²) in [6, 6.07) is 3.71. The van der Waals surface area contributed by atoms with Gasteiger partial charge in [0.1, 0.15) is 0 Å². The van der Waals surface area contributed by atoms with Crippen LogP contribution in [0, 0.1) is 0 Å². The molecule has 1 aromatic rings. The molecular formula is C10H15NO4S. The smallest absolute Gasteiger partial charge is 0.264 e. The third-order valence-electron chi connectivity index (χ3n) is 1.93. The first kappa shape index (κ1) is 12.9. The Bertz CT molecular complexity index is 430. The molecule has 0 atom stereocenters. The lowest BCUT2D eigenvalue weighted by molar-refractivity contribution is 0.314. The van der Waals surface area contributed by atoms with Crippen LogP contribution in [0.25, 0.3) is 0 Å². The van der Waals surface area contributed by atoms with Gasteiger partial charge in [-0.2, -0.15) is 8.42 Å². The van der Waals surface area contributed by atoms with Gasteiger partial charge in [-0.3, -0.25) is 4.18 Å². The first-order valence-corrected chi connectivity index (χ1v) is 6.67. The highest BCUT2D eigenvalue weighted by Gasteiger charge is 2.04. The summed E-state index contributed by atoms with van der Waals surface area (Å²) in [5.41, 5.74) is 0.946. The van der Waals surface area contributed by atoms with Crippen LogP contribution in [-0.4, -0.2) is 33.4 Å². The van der Waals surface area contributed by atoms with E-state index < -0.39 is 10.1 Å². The lowest BCUT2D eigenvalue weighted by Crippen LogP contribution is -2.05. The van der Waals surface area contributed by atoms with E-state index in [-0.39, 0.29) is 6.61 Å². The average molecular weight is 245 g/mol. The molecular weight excluding hydrogens is 230 g/mol. The first-order valence-electron chi connectivity index (χ1n) is 4.85. The van der Waals surface area contributed by atoms with E-state index in [1.165, 1.54) is 0 Å². The summed E-state index contributed by atoms with van der Waals surface area (Å²) >= 11 is 0. The molecule has 0 amide bonds. The molecule has 16 heavy (non-hydrogen) atoms. The molecule has 1 rings (SSSR count). The first-order chi connectivity index (χ1) is 7.53. The summed E-state index contributed by atoms with van der Waals surface area (Å²) in [7, 11) is -1.79.